The summed E-state index contributed by atoms with van der Waals surface area (Å²) in [6.45, 7) is 17.6. The Bertz CT molecular complexity index is 1040. The second-order valence-electron chi connectivity index (χ2n) is 10.2. The van der Waals surface area contributed by atoms with Crippen LogP contribution >= 0.6 is 0 Å². The van der Waals surface area contributed by atoms with E-state index in [1.807, 2.05) is 6.20 Å². The SMILES string of the molecule is C=C1CC2(CCNCC2)Cc2cc(C(=C)c3cc(N4CCN(C)CC4)cnc3C)ccc21. The number of benzene rings is 1. The molecule has 168 valence electrons. The van der Waals surface area contributed by atoms with Crippen molar-refractivity contribution in [1.29, 1.82) is 0 Å². The molecule has 4 nitrogen and oxygen atoms in total. The van der Waals surface area contributed by atoms with Crippen LogP contribution < -0.4 is 10.2 Å². The number of aromatic nitrogens is 1. The highest BCUT2D eigenvalue weighted by Gasteiger charge is 2.37. The van der Waals surface area contributed by atoms with Crippen LogP contribution in [0.1, 0.15) is 47.2 Å². The van der Waals surface area contributed by atoms with Gasteiger partial charge in [-0.05, 0) is 92.1 Å². The van der Waals surface area contributed by atoms with E-state index in [1.165, 1.54) is 40.8 Å². The van der Waals surface area contributed by atoms with Gasteiger partial charge in [0.15, 0.2) is 0 Å². The van der Waals surface area contributed by atoms with Crippen LogP contribution in [0, 0.1) is 12.3 Å². The van der Waals surface area contributed by atoms with Crippen molar-refractivity contribution in [1.82, 2.24) is 15.2 Å². The molecule has 0 atom stereocenters. The number of nitrogens with zero attached hydrogens (tertiary/aromatic N) is 3. The maximum Gasteiger partial charge on any atom is 0.0560 e. The van der Waals surface area contributed by atoms with Crippen LogP contribution in [0.5, 0.6) is 0 Å². The molecular weight excluding hydrogens is 392 g/mol. The third-order valence-electron chi connectivity index (χ3n) is 7.92. The lowest BCUT2D eigenvalue weighted by atomic mass is 9.65. The van der Waals surface area contributed by atoms with Crippen molar-refractivity contribution in [2.45, 2.75) is 32.6 Å². The van der Waals surface area contributed by atoms with Crippen molar-refractivity contribution in [2.75, 3.05) is 51.2 Å². The summed E-state index contributed by atoms with van der Waals surface area (Å²) in [6.07, 6.45) is 6.80. The Morgan fingerprint density at radius 1 is 1.06 bits per heavy atom. The molecule has 0 unspecified atom stereocenters. The molecule has 0 amide bonds. The zero-order chi connectivity index (χ0) is 22.3. The predicted molar refractivity (Wildman–Crippen MR) is 135 cm³/mol. The molecule has 0 bridgehead atoms. The van der Waals surface area contributed by atoms with E-state index in [-0.39, 0.29) is 0 Å². The summed E-state index contributed by atoms with van der Waals surface area (Å²) in [5.41, 5.74) is 10.2. The van der Waals surface area contributed by atoms with Crippen molar-refractivity contribution in [2.24, 2.45) is 5.41 Å². The minimum absolute atomic E-state index is 0.383. The average molecular weight is 429 g/mol. The van der Waals surface area contributed by atoms with Crippen LogP contribution in [0.2, 0.25) is 0 Å². The summed E-state index contributed by atoms with van der Waals surface area (Å²) < 4.78 is 0. The zero-order valence-electron chi connectivity index (χ0n) is 19.7. The molecular formula is C28H36N4. The van der Waals surface area contributed by atoms with Gasteiger partial charge < -0.3 is 15.1 Å². The summed E-state index contributed by atoms with van der Waals surface area (Å²) in [6, 6.07) is 9.18. The van der Waals surface area contributed by atoms with Gasteiger partial charge in [0.05, 0.1) is 11.9 Å². The molecule has 5 rings (SSSR count). The number of fused-ring (bicyclic) bond motifs is 1. The summed E-state index contributed by atoms with van der Waals surface area (Å²) in [4.78, 5) is 9.58. The molecule has 2 saturated heterocycles. The van der Waals surface area contributed by atoms with Crippen molar-refractivity contribution < 1.29 is 0 Å². The number of hydrogen-bond acceptors (Lipinski definition) is 4. The maximum atomic E-state index is 4.75. The van der Waals surface area contributed by atoms with Crippen molar-refractivity contribution in [3.63, 3.8) is 0 Å². The van der Waals surface area contributed by atoms with Gasteiger partial charge in [0.2, 0.25) is 0 Å². The quantitative estimate of drug-likeness (QED) is 0.778. The van der Waals surface area contributed by atoms with E-state index in [2.05, 4.69) is 66.5 Å². The first-order valence-corrected chi connectivity index (χ1v) is 12.1. The first-order chi connectivity index (χ1) is 15.4. The Morgan fingerprint density at radius 3 is 2.56 bits per heavy atom. The summed E-state index contributed by atoms with van der Waals surface area (Å²) in [5.74, 6) is 0. The van der Waals surface area contributed by atoms with Crippen LogP contribution in [-0.2, 0) is 6.42 Å². The van der Waals surface area contributed by atoms with Gasteiger partial charge in [-0.2, -0.15) is 0 Å². The number of anilines is 1. The van der Waals surface area contributed by atoms with Crippen LogP contribution in [-0.4, -0.2) is 56.2 Å². The standard InChI is InChI=1S/C28H36N4/c1-20-17-28(7-9-29-10-8-28)18-24-15-23(5-6-26(20)24)21(2)27-16-25(19-30-22(27)3)32-13-11-31(4)12-14-32/h5-6,15-16,19,29H,1-2,7-14,17-18H2,3-4H3. The van der Waals surface area contributed by atoms with Crippen LogP contribution in [0.4, 0.5) is 5.69 Å². The minimum atomic E-state index is 0.383. The summed E-state index contributed by atoms with van der Waals surface area (Å²) in [7, 11) is 2.19. The average Bonchev–Trinajstić information content (AvgIpc) is 2.79. The van der Waals surface area contributed by atoms with Crippen molar-refractivity contribution in [3.8, 4) is 0 Å². The zero-order valence-corrected chi connectivity index (χ0v) is 19.7. The molecule has 1 aromatic heterocycles. The van der Waals surface area contributed by atoms with Gasteiger partial charge in [0.1, 0.15) is 0 Å². The molecule has 1 aromatic carbocycles. The van der Waals surface area contributed by atoms with E-state index in [9.17, 15) is 0 Å². The lowest BCUT2D eigenvalue weighted by Gasteiger charge is -2.42. The number of pyridine rings is 1. The number of hydrogen-bond donors (Lipinski definition) is 1. The van der Waals surface area contributed by atoms with Gasteiger partial charge in [-0.15, -0.1) is 0 Å². The Balaban J connectivity index is 1.43. The lowest BCUT2D eigenvalue weighted by molar-refractivity contribution is 0.201. The fourth-order valence-electron chi connectivity index (χ4n) is 5.82. The van der Waals surface area contributed by atoms with E-state index in [0.717, 1.165) is 68.9 Å². The third-order valence-corrected chi connectivity index (χ3v) is 7.92. The molecule has 2 fully saturated rings. The topological polar surface area (TPSA) is 31.4 Å². The third kappa shape index (κ3) is 4.02. The number of likely N-dealkylation sites (N-methyl/N-ethyl adjacent to an activating group) is 1. The smallest absolute Gasteiger partial charge is 0.0560 e. The molecule has 0 radical (unpaired) electrons. The lowest BCUT2D eigenvalue weighted by Crippen LogP contribution is -2.44. The fourth-order valence-corrected chi connectivity index (χ4v) is 5.82. The number of piperidine rings is 1. The fraction of sp³-hybridized carbons (Fsp3) is 0.464. The van der Waals surface area contributed by atoms with Gasteiger partial charge in [-0.25, -0.2) is 0 Å². The van der Waals surface area contributed by atoms with Gasteiger partial charge in [0.25, 0.3) is 0 Å². The second-order valence-corrected chi connectivity index (χ2v) is 10.2. The molecule has 1 N–H and O–H groups in total. The Kier molecular flexibility index (Phi) is 5.68. The first kappa shape index (κ1) is 21.4. The molecule has 32 heavy (non-hydrogen) atoms. The van der Waals surface area contributed by atoms with Crippen LogP contribution in [0.15, 0.2) is 43.6 Å². The van der Waals surface area contributed by atoms with Crippen LogP contribution in [0.25, 0.3) is 11.1 Å². The van der Waals surface area contributed by atoms with Gasteiger partial charge in [-0.1, -0.05) is 31.4 Å². The summed E-state index contributed by atoms with van der Waals surface area (Å²) >= 11 is 0. The van der Waals surface area contributed by atoms with E-state index in [1.54, 1.807) is 0 Å². The minimum Gasteiger partial charge on any atom is -0.368 e. The number of nitrogens with one attached hydrogen (secondary N) is 1. The van der Waals surface area contributed by atoms with E-state index in [0.29, 0.717) is 5.41 Å². The Hall–Kier alpha value is -2.43. The highest BCUT2D eigenvalue weighted by molar-refractivity contribution is 5.82. The van der Waals surface area contributed by atoms with E-state index < -0.39 is 0 Å². The van der Waals surface area contributed by atoms with Crippen molar-refractivity contribution >= 4 is 16.8 Å². The monoisotopic (exact) mass is 428 g/mol. The molecule has 1 spiro atoms. The summed E-state index contributed by atoms with van der Waals surface area (Å²) in [5, 5.41) is 3.53. The molecule has 1 aliphatic carbocycles. The Morgan fingerprint density at radius 2 is 1.81 bits per heavy atom. The molecule has 2 aliphatic heterocycles. The second kappa shape index (κ2) is 8.49. The molecule has 2 aromatic rings. The molecule has 3 aliphatic rings. The number of rotatable bonds is 3. The van der Waals surface area contributed by atoms with Crippen LogP contribution in [0.3, 0.4) is 0 Å². The number of piperazine rings is 1. The number of aryl methyl sites for hydroxylation is 1. The highest BCUT2D eigenvalue weighted by Crippen LogP contribution is 2.47. The highest BCUT2D eigenvalue weighted by atomic mass is 15.2. The Labute approximate surface area is 193 Å². The molecule has 3 heterocycles. The van der Waals surface area contributed by atoms with Gasteiger partial charge >= 0.3 is 0 Å². The predicted octanol–water partition coefficient (Wildman–Crippen LogP) is 4.53. The van der Waals surface area contributed by atoms with Gasteiger partial charge in [-0.3, -0.25) is 4.98 Å². The first-order valence-electron chi connectivity index (χ1n) is 12.1. The normalized spacial score (nSPS) is 20.9. The van der Waals surface area contributed by atoms with Gasteiger partial charge in [0, 0.05) is 37.4 Å². The van der Waals surface area contributed by atoms with Crippen molar-refractivity contribution in [3.05, 3.63) is 71.6 Å². The molecule has 0 saturated carbocycles. The van der Waals surface area contributed by atoms with E-state index >= 15 is 0 Å². The maximum absolute atomic E-state index is 4.75. The molecule has 4 heteroatoms. The largest absolute Gasteiger partial charge is 0.368 e. The van der Waals surface area contributed by atoms with E-state index in [4.69, 9.17) is 4.98 Å². The number of allylic oxidation sites excluding steroid dienone is 1.